The first kappa shape index (κ1) is 11.0. The maximum Gasteiger partial charge on any atom is 0.392 e. The van der Waals surface area contributed by atoms with E-state index in [2.05, 4.69) is 0 Å². The summed E-state index contributed by atoms with van der Waals surface area (Å²) in [7, 11) is 0. The van der Waals surface area contributed by atoms with Crippen molar-refractivity contribution >= 4 is 5.97 Å². The lowest BCUT2D eigenvalue weighted by molar-refractivity contribution is -0.154. The Labute approximate surface area is 90.0 Å². The van der Waals surface area contributed by atoms with Gasteiger partial charge < -0.3 is 4.74 Å². The first-order valence-electron chi connectivity index (χ1n) is 4.81. The fourth-order valence-electron chi connectivity index (χ4n) is 1.77. The third kappa shape index (κ3) is 2.35. The highest BCUT2D eigenvalue weighted by atomic mass is 19.4. The van der Waals surface area contributed by atoms with E-state index >= 15 is 0 Å². The van der Waals surface area contributed by atoms with Crippen LogP contribution in [0.3, 0.4) is 0 Å². The Bertz CT molecular complexity index is 412. The Balaban J connectivity index is 2.18. The SMILES string of the molecule is O=C1O[C@@H](CC(F)(F)F)Cc2ccccc21. The van der Waals surface area contributed by atoms with E-state index in [0.29, 0.717) is 11.1 Å². The number of alkyl halides is 3. The van der Waals surface area contributed by atoms with Gasteiger partial charge in [0.15, 0.2) is 0 Å². The molecule has 1 aromatic rings. The van der Waals surface area contributed by atoms with E-state index in [-0.39, 0.29) is 6.42 Å². The molecule has 0 aromatic heterocycles. The van der Waals surface area contributed by atoms with Crippen LogP contribution in [0.25, 0.3) is 0 Å². The summed E-state index contributed by atoms with van der Waals surface area (Å²) in [5, 5.41) is 0. The van der Waals surface area contributed by atoms with Crippen LogP contribution in [-0.4, -0.2) is 18.2 Å². The summed E-state index contributed by atoms with van der Waals surface area (Å²) < 4.78 is 41.2. The van der Waals surface area contributed by atoms with Crippen LogP contribution >= 0.6 is 0 Å². The van der Waals surface area contributed by atoms with Crippen molar-refractivity contribution in [3.8, 4) is 0 Å². The van der Waals surface area contributed by atoms with Crippen LogP contribution in [0.2, 0.25) is 0 Å². The predicted molar refractivity (Wildman–Crippen MR) is 50.0 cm³/mol. The monoisotopic (exact) mass is 230 g/mol. The van der Waals surface area contributed by atoms with E-state index in [0.717, 1.165) is 0 Å². The van der Waals surface area contributed by atoms with Crippen molar-refractivity contribution in [2.24, 2.45) is 0 Å². The van der Waals surface area contributed by atoms with Crippen LogP contribution in [0.1, 0.15) is 22.3 Å². The van der Waals surface area contributed by atoms with Gasteiger partial charge in [-0.2, -0.15) is 13.2 Å². The molecule has 0 aliphatic carbocycles. The lowest BCUT2D eigenvalue weighted by Crippen LogP contribution is -2.31. The molecule has 0 spiro atoms. The molecule has 1 aliphatic heterocycles. The van der Waals surface area contributed by atoms with Gasteiger partial charge in [0.25, 0.3) is 0 Å². The van der Waals surface area contributed by atoms with Gasteiger partial charge in [-0.1, -0.05) is 18.2 Å². The number of hydrogen-bond donors (Lipinski definition) is 0. The van der Waals surface area contributed by atoms with Gasteiger partial charge in [-0.3, -0.25) is 0 Å². The zero-order chi connectivity index (χ0) is 11.8. The molecule has 5 heteroatoms. The number of ether oxygens (including phenoxy) is 1. The van der Waals surface area contributed by atoms with E-state index < -0.39 is 24.7 Å². The highest BCUT2D eigenvalue weighted by molar-refractivity contribution is 5.92. The first-order valence-corrected chi connectivity index (χ1v) is 4.81. The largest absolute Gasteiger partial charge is 0.458 e. The summed E-state index contributed by atoms with van der Waals surface area (Å²) in [6, 6.07) is 6.56. The highest BCUT2D eigenvalue weighted by Crippen LogP contribution is 2.29. The van der Waals surface area contributed by atoms with Crippen molar-refractivity contribution in [3.63, 3.8) is 0 Å². The molecular weight excluding hydrogens is 221 g/mol. The van der Waals surface area contributed by atoms with E-state index in [1.165, 1.54) is 0 Å². The van der Waals surface area contributed by atoms with Crippen molar-refractivity contribution in [3.05, 3.63) is 35.4 Å². The molecule has 1 aromatic carbocycles. The summed E-state index contributed by atoms with van der Waals surface area (Å²) in [5.41, 5.74) is 0.980. The Morgan fingerprint density at radius 3 is 2.69 bits per heavy atom. The van der Waals surface area contributed by atoms with Crippen molar-refractivity contribution in [2.45, 2.75) is 25.1 Å². The second-order valence-corrected chi connectivity index (χ2v) is 3.71. The quantitative estimate of drug-likeness (QED) is 0.693. The predicted octanol–water partition coefficient (Wildman–Crippen LogP) is 2.72. The van der Waals surface area contributed by atoms with Gasteiger partial charge in [-0.15, -0.1) is 0 Å². The van der Waals surface area contributed by atoms with Gasteiger partial charge >= 0.3 is 12.1 Å². The van der Waals surface area contributed by atoms with Crippen LogP contribution < -0.4 is 0 Å². The number of fused-ring (bicyclic) bond motifs is 1. The molecule has 0 saturated heterocycles. The Morgan fingerprint density at radius 1 is 1.31 bits per heavy atom. The van der Waals surface area contributed by atoms with Crippen LogP contribution in [0.4, 0.5) is 13.2 Å². The minimum Gasteiger partial charge on any atom is -0.458 e. The molecule has 86 valence electrons. The van der Waals surface area contributed by atoms with Gasteiger partial charge in [0.2, 0.25) is 0 Å². The summed E-state index contributed by atoms with van der Waals surface area (Å²) in [4.78, 5) is 11.4. The van der Waals surface area contributed by atoms with Crippen molar-refractivity contribution in [2.75, 3.05) is 0 Å². The van der Waals surface area contributed by atoms with Crippen LogP contribution in [0, 0.1) is 0 Å². The fourth-order valence-corrected chi connectivity index (χ4v) is 1.77. The molecule has 1 heterocycles. The fraction of sp³-hybridized carbons (Fsp3) is 0.364. The van der Waals surface area contributed by atoms with E-state index in [9.17, 15) is 18.0 Å². The lowest BCUT2D eigenvalue weighted by atomic mass is 9.97. The smallest absolute Gasteiger partial charge is 0.392 e. The maximum absolute atomic E-state index is 12.2. The summed E-state index contributed by atoms with van der Waals surface area (Å²) in [5.74, 6) is -0.670. The van der Waals surface area contributed by atoms with E-state index in [4.69, 9.17) is 4.74 Å². The molecule has 0 amide bonds. The molecule has 1 atom stereocenters. The third-order valence-electron chi connectivity index (χ3n) is 2.42. The Hall–Kier alpha value is -1.52. The summed E-state index contributed by atoms with van der Waals surface area (Å²) in [6.45, 7) is 0. The van der Waals surface area contributed by atoms with Crippen LogP contribution in [0.5, 0.6) is 0 Å². The van der Waals surface area contributed by atoms with Gasteiger partial charge in [0, 0.05) is 6.42 Å². The molecule has 16 heavy (non-hydrogen) atoms. The number of benzene rings is 1. The van der Waals surface area contributed by atoms with Crippen molar-refractivity contribution in [1.29, 1.82) is 0 Å². The molecule has 0 unspecified atom stereocenters. The topological polar surface area (TPSA) is 26.3 Å². The molecule has 0 radical (unpaired) electrons. The van der Waals surface area contributed by atoms with Gasteiger partial charge in [-0.05, 0) is 11.6 Å². The van der Waals surface area contributed by atoms with Gasteiger partial charge in [-0.25, -0.2) is 4.79 Å². The number of carbonyl (C=O) groups excluding carboxylic acids is 1. The van der Waals surface area contributed by atoms with E-state index in [1.807, 2.05) is 0 Å². The molecule has 0 fully saturated rings. The Morgan fingerprint density at radius 2 is 2.00 bits per heavy atom. The third-order valence-corrected chi connectivity index (χ3v) is 2.42. The Kier molecular flexibility index (Phi) is 2.61. The molecular formula is C11H9F3O2. The number of rotatable bonds is 1. The van der Waals surface area contributed by atoms with E-state index in [1.54, 1.807) is 24.3 Å². The zero-order valence-corrected chi connectivity index (χ0v) is 8.25. The second kappa shape index (κ2) is 3.81. The molecule has 2 rings (SSSR count). The molecule has 1 aliphatic rings. The van der Waals surface area contributed by atoms with Crippen molar-refractivity contribution < 1.29 is 22.7 Å². The number of hydrogen-bond acceptors (Lipinski definition) is 2. The van der Waals surface area contributed by atoms with Crippen molar-refractivity contribution in [1.82, 2.24) is 0 Å². The summed E-state index contributed by atoms with van der Waals surface area (Å²) in [6.07, 6.45) is -6.37. The summed E-state index contributed by atoms with van der Waals surface area (Å²) >= 11 is 0. The normalized spacial score (nSPS) is 20.2. The standard InChI is InChI=1S/C11H9F3O2/c12-11(13,14)6-8-5-7-3-1-2-4-9(7)10(15)16-8/h1-4,8H,5-6H2/t8-/m1/s1. The second-order valence-electron chi connectivity index (χ2n) is 3.71. The van der Waals surface area contributed by atoms with Crippen LogP contribution in [-0.2, 0) is 11.2 Å². The minimum atomic E-state index is -4.31. The highest BCUT2D eigenvalue weighted by Gasteiger charge is 2.36. The van der Waals surface area contributed by atoms with Crippen LogP contribution in [0.15, 0.2) is 24.3 Å². The molecule has 0 saturated carbocycles. The first-order chi connectivity index (χ1) is 7.46. The zero-order valence-electron chi connectivity index (χ0n) is 8.25. The van der Waals surface area contributed by atoms with Gasteiger partial charge in [0.1, 0.15) is 6.10 Å². The molecule has 0 bridgehead atoms. The average Bonchev–Trinajstić information content (AvgIpc) is 2.15. The lowest BCUT2D eigenvalue weighted by Gasteiger charge is -2.25. The van der Waals surface area contributed by atoms with Gasteiger partial charge in [0.05, 0.1) is 12.0 Å². The molecule has 2 nitrogen and oxygen atoms in total. The maximum atomic E-state index is 12.2. The number of halogens is 3. The number of cyclic esters (lactones) is 1. The molecule has 0 N–H and O–H groups in total. The number of carbonyl (C=O) groups is 1. The minimum absolute atomic E-state index is 0.126. The average molecular weight is 230 g/mol. The number of esters is 1.